The second-order valence-electron chi connectivity index (χ2n) is 0.804. The van der Waals surface area contributed by atoms with Gasteiger partial charge in [-0.15, -0.1) is 0 Å². The summed E-state index contributed by atoms with van der Waals surface area (Å²) in [6.45, 7) is 4.60. The zero-order chi connectivity index (χ0) is 7.54. The van der Waals surface area contributed by atoms with Crippen LogP contribution in [0.2, 0.25) is 0 Å². The molecule has 0 aromatic heterocycles. The molecule has 0 heterocycles. The molecule has 0 atom stereocenters. The van der Waals surface area contributed by atoms with E-state index >= 15 is 0 Å². The van der Waals surface area contributed by atoms with Gasteiger partial charge >= 0.3 is 0 Å². The van der Waals surface area contributed by atoms with Gasteiger partial charge < -0.3 is 26.5 Å². The predicted molar refractivity (Wildman–Crippen MR) is 36.4 cm³/mol. The molecule has 0 rings (SSSR count). The summed E-state index contributed by atoms with van der Waals surface area (Å²) in [7, 11) is 1.26. The van der Waals surface area contributed by atoms with Crippen LogP contribution in [0.3, 0.4) is 0 Å². The Morgan fingerprint density at radius 2 is 1.64 bits per heavy atom. The van der Waals surface area contributed by atoms with E-state index in [1.807, 2.05) is 0 Å². The maximum atomic E-state index is 9.06. The molecular formula is C6H11AcO4-3. The van der Waals surface area contributed by atoms with E-state index in [1.54, 1.807) is 6.92 Å². The first-order valence-electron chi connectivity index (χ1n) is 2.22. The molecule has 11 heavy (non-hydrogen) atoms. The number of rotatable bonds is 3. The van der Waals surface area contributed by atoms with Crippen LogP contribution in [-0.4, -0.2) is 26.7 Å². The monoisotopic (exact) mass is 374 g/mol. The van der Waals surface area contributed by atoms with E-state index in [2.05, 4.69) is 9.47 Å². The zero-order valence-corrected chi connectivity index (χ0v) is 11.7. The largest absolute Gasteiger partial charge is 0.655 e. The van der Waals surface area contributed by atoms with Gasteiger partial charge in [0.25, 0.3) is 0 Å². The summed E-state index contributed by atoms with van der Waals surface area (Å²) in [6.07, 6.45) is 0. The fraction of sp³-hybridized carbons (Fsp3) is 0.500. The van der Waals surface area contributed by atoms with Gasteiger partial charge in [-0.05, 0) is 6.92 Å². The molecule has 1 radical (unpaired) electrons. The van der Waals surface area contributed by atoms with Crippen LogP contribution in [0.4, 0.5) is 0 Å². The molecule has 65 valence electrons. The molecule has 0 bridgehead atoms. The van der Waals surface area contributed by atoms with Gasteiger partial charge in [-0.1, -0.05) is 12.9 Å². The predicted octanol–water partition coefficient (Wildman–Crippen LogP) is 0.240. The second kappa shape index (κ2) is 31.5. The first kappa shape index (κ1) is 22.5. The van der Waals surface area contributed by atoms with Gasteiger partial charge in [0, 0.05) is 57.8 Å². The molecule has 0 aliphatic heterocycles. The summed E-state index contributed by atoms with van der Waals surface area (Å²) in [6, 6.07) is 0. The maximum Gasteiger partial charge on any atom is 0.0451 e. The first-order chi connectivity index (χ1) is 4.33. The van der Waals surface area contributed by atoms with E-state index in [4.69, 9.17) is 9.59 Å². The van der Waals surface area contributed by atoms with Crippen molar-refractivity contribution in [3.63, 3.8) is 0 Å². The third-order valence-corrected chi connectivity index (χ3v) is 0.287. The van der Waals surface area contributed by atoms with E-state index in [0.717, 1.165) is 0 Å². The molecule has 0 spiro atoms. The molecule has 0 saturated heterocycles. The molecule has 0 aromatic rings. The van der Waals surface area contributed by atoms with Crippen LogP contribution in [0, 0.1) is 51.5 Å². The normalized spacial score (nSPS) is 4.91. The van der Waals surface area contributed by atoms with E-state index in [0.29, 0.717) is 6.61 Å². The average Bonchev–Trinajstić information content (AvgIpc) is 1.91. The maximum absolute atomic E-state index is 9.06. The Hall–Kier alpha value is 0.382. The van der Waals surface area contributed by atoms with Crippen molar-refractivity contribution in [3.05, 3.63) is 7.43 Å². The molecule has 0 aromatic carbocycles. The molecule has 0 unspecified atom stereocenters. The van der Waals surface area contributed by atoms with Crippen molar-refractivity contribution in [2.24, 2.45) is 0 Å². The number of hydrogen-bond acceptors (Lipinski definition) is 4. The van der Waals surface area contributed by atoms with Gasteiger partial charge in [0.1, 0.15) is 0 Å². The number of ether oxygens (including phenoxy) is 2. The van der Waals surface area contributed by atoms with Gasteiger partial charge in [0.05, 0.1) is 0 Å². The molecule has 0 saturated carbocycles. The zero-order valence-electron chi connectivity index (χ0n) is 6.92. The van der Waals surface area contributed by atoms with Crippen molar-refractivity contribution in [1.82, 2.24) is 0 Å². The topological polar surface area (TPSA) is 52.6 Å². The van der Waals surface area contributed by atoms with Crippen LogP contribution in [0.5, 0.6) is 0 Å². The summed E-state index contributed by atoms with van der Waals surface area (Å²) in [5.74, 6) is 0. The minimum atomic E-state index is 0. The molecule has 0 aliphatic rings. The first-order valence-corrected chi connectivity index (χ1v) is 2.22. The summed E-state index contributed by atoms with van der Waals surface area (Å²) >= 11 is 0. The third-order valence-electron chi connectivity index (χ3n) is 0.287. The number of carbonyl (C=O) groups excluding carboxylic acids is 2. The van der Waals surface area contributed by atoms with E-state index in [9.17, 15) is 0 Å². The molecule has 4 nitrogen and oxygen atoms in total. The Kier molecular flexibility index (Phi) is 64.6. The Morgan fingerprint density at radius 1 is 1.27 bits per heavy atom. The van der Waals surface area contributed by atoms with Gasteiger partial charge in [-0.25, -0.2) is 0 Å². The van der Waals surface area contributed by atoms with Crippen molar-refractivity contribution >= 4 is 12.9 Å². The Bertz CT molecular complexity index is 67.6. The minimum absolute atomic E-state index is 0. The quantitative estimate of drug-likeness (QED) is 0.665. The summed E-state index contributed by atoms with van der Waals surface area (Å²) in [5.41, 5.74) is 0. The van der Waals surface area contributed by atoms with Crippen molar-refractivity contribution in [3.8, 4) is 0 Å². The van der Waals surface area contributed by atoms with Crippen molar-refractivity contribution in [2.45, 2.75) is 6.92 Å². The summed E-state index contributed by atoms with van der Waals surface area (Å²) < 4.78 is 7.76. The Labute approximate surface area is 103 Å². The molecule has 5 heteroatoms. The summed E-state index contributed by atoms with van der Waals surface area (Å²) in [4.78, 5) is 17.9. The van der Waals surface area contributed by atoms with E-state index in [1.165, 1.54) is 20.1 Å². The Morgan fingerprint density at radius 3 is 1.64 bits per heavy atom. The average molecular weight is 374 g/mol. The van der Waals surface area contributed by atoms with Gasteiger partial charge in [-0.2, -0.15) is 0 Å². The summed E-state index contributed by atoms with van der Waals surface area (Å²) in [5, 5.41) is 0. The SMILES string of the molecule is CCO[C-]=O.CO[C-]=O.[Ac].[CH3-]. The van der Waals surface area contributed by atoms with Crippen molar-refractivity contribution in [2.75, 3.05) is 13.7 Å². The van der Waals surface area contributed by atoms with Crippen LogP contribution in [0.25, 0.3) is 0 Å². The van der Waals surface area contributed by atoms with E-state index < -0.39 is 0 Å². The molecule has 0 amide bonds. The molecule has 0 N–H and O–H groups in total. The standard InChI is InChI=1S/C3H5O2.C2H3O2.CH3.Ac/c1-2-5-3-4;1-4-2-3;;/h2H2,1H3;1H3;1H3;/q3*-1;. The van der Waals surface area contributed by atoms with Crippen LogP contribution in [-0.2, 0) is 19.1 Å². The van der Waals surface area contributed by atoms with Crippen molar-refractivity contribution < 1.29 is 63.1 Å². The second-order valence-corrected chi connectivity index (χ2v) is 0.804. The van der Waals surface area contributed by atoms with Gasteiger partial charge in [0.15, 0.2) is 0 Å². The van der Waals surface area contributed by atoms with E-state index in [-0.39, 0.29) is 51.5 Å². The molecule has 0 fully saturated rings. The van der Waals surface area contributed by atoms with Crippen LogP contribution >= 0.6 is 0 Å². The fourth-order valence-corrected chi connectivity index (χ4v) is 0.0589. The number of methoxy groups -OCH3 is 1. The Balaban J connectivity index is -0.0000000383. The third kappa shape index (κ3) is 63.8. The van der Waals surface area contributed by atoms with Crippen LogP contribution in [0.1, 0.15) is 6.92 Å². The van der Waals surface area contributed by atoms with Gasteiger partial charge in [0.2, 0.25) is 0 Å². The minimum Gasteiger partial charge on any atom is -0.655 e. The van der Waals surface area contributed by atoms with Gasteiger partial charge in [-0.3, -0.25) is 0 Å². The van der Waals surface area contributed by atoms with Crippen molar-refractivity contribution in [1.29, 1.82) is 0 Å². The smallest absolute Gasteiger partial charge is 0.0451 e. The fourth-order valence-electron chi connectivity index (χ4n) is 0.0589. The molecular weight excluding hydrogens is 363 g/mol. The number of hydrogen-bond donors (Lipinski definition) is 0. The molecule has 0 aliphatic carbocycles. The van der Waals surface area contributed by atoms with Crippen LogP contribution in [0.15, 0.2) is 0 Å². The van der Waals surface area contributed by atoms with Crippen LogP contribution < -0.4 is 0 Å².